The van der Waals surface area contributed by atoms with Gasteiger partial charge in [-0.25, -0.2) is 0 Å². The molecule has 0 aromatic carbocycles. The van der Waals surface area contributed by atoms with Crippen LogP contribution in [0.15, 0.2) is 12.2 Å². The lowest BCUT2D eigenvalue weighted by atomic mass is 9.82. The molecule has 2 saturated carbocycles. The number of fused-ring (bicyclic) bond motifs is 5. The van der Waals surface area contributed by atoms with E-state index < -0.39 is 0 Å². The van der Waals surface area contributed by atoms with Crippen molar-refractivity contribution in [2.75, 3.05) is 0 Å². The summed E-state index contributed by atoms with van der Waals surface area (Å²) in [6.07, 6.45) is 8.10. The normalized spacial score (nSPS) is 52.2. The van der Waals surface area contributed by atoms with E-state index in [1.165, 1.54) is 19.3 Å². The van der Waals surface area contributed by atoms with E-state index in [9.17, 15) is 4.79 Å². The number of carbonyl (C=O) groups is 1. The Morgan fingerprint density at radius 3 is 2.91 bits per heavy atom. The number of Topliss-reactive ketones (excluding diaryl/α,β-unsaturated/α-hetero) is 1. The highest BCUT2D eigenvalue weighted by atomic mass is 16.1. The van der Waals surface area contributed by atoms with Crippen LogP contribution in [0, 0.1) is 23.7 Å². The first kappa shape index (κ1) is 5.99. The van der Waals surface area contributed by atoms with Crippen LogP contribution in [0.25, 0.3) is 0 Å². The molecule has 2 fully saturated rings. The van der Waals surface area contributed by atoms with Gasteiger partial charge in [0.25, 0.3) is 0 Å². The molecule has 2 bridgehead atoms. The van der Waals surface area contributed by atoms with E-state index in [4.69, 9.17) is 0 Å². The minimum atomic E-state index is 0.434. The maximum atomic E-state index is 11.5. The molecular weight excluding hydrogens is 136 g/mol. The number of carbonyl (C=O) groups excluding carboxylic acids is 1. The highest BCUT2D eigenvalue weighted by molar-refractivity contribution is 5.89. The second kappa shape index (κ2) is 1.77. The third-order valence-corrected chi connectivity index (χ3v) is 3.76. The minimum absolute atomic E-state index is 0.434. The third-order valence-electron chi connectivity index (χ3n) is 3.76. The molecule has 0 aliphatic heterocycles. The van der Waals surface area contributed by atoms with E-state index in [1.54, 1.807) is 0 Å². The van der Waals surface area contributed by atoms with Crippen LogP contribution in [-0.2, 0) is 4.79 Å². The van der Waals surface area contributed by atoms with Crippen molar-refractivity contribution >= 4 is 5.78 Å². The summed E-state index contributed by atoms with van der Waals surface area (Å²) in [6.45, 7) is 0. The van der Waals surface area contributed by atoms with Gasteiger partial charge in [-0.1, -0.05) is 12.2 Å². The van der Waals surface area contributed by atoms with Crippen LogP contribution >= 0.6 is 0 Å². The van der Waals surface area contributed by atoms with Gasteiger partial charge in [-0.05, 0) is 31.1 Å². The lowest BCUT2D eigenvalue weighted by Crippen LogP contribution is -2.16. The molecule has 0 radical (unpaired) electrons. The SMILES string of the molecule is O=C1[C@H]2CC[C@@H]1[C@@H]1CC=C[C@@H]12. The highest BCUT2D eigenvalue weighted by Crippen LogP contribution is 2.53. The molecule has 4 atom stereocenters. The summed E-state index contributed by atoms with van der Waals surface area (Å²) in [5.41, 5.74) is 0. The molecule has 3 aliphatic carbocycles. The predicted molar refractivity (Wildman–Crippen MR) is 42.0 cm³/mol. The van der Waals surface area contributed by atoms with E-state index in [-0.39, 0.29) is 0 Å². The Labute approximate surface area is 66.5 Å². The standard InChI is InChI=1S/C10H12O/c11-10-8-4-5-9(10)7-3-1-2-6(7)8/h1-2,6-9H,3-5H2/t6-,7+,8-,9+/m0/s1. The maximum Gasteiger partial charge on any atom is 0.139 e. The summed E-state index contributed by atoms with van der Waals surface area (Å²) < 4.78 is 0. The van der Waals surface area contributed by atoms with Crippen molar-refractivity contribution in [3.05, 3.63) is 12.2 Å². The number of hydrogen-bond donors (Lipinski definition) is 0. The van der Waals surface area contributed by atoms with Crippen molar-refractivity contribution in [3.63, 3.8) is 0 Å². The zero-order valence-corrected chi connectivity index (χ0v) is 6.49. The number of rotatable bonds is 0. The molecule has 1 nitrogen and oxygen atoms in total. The maximum absolute atomic E-state index is 11.5. The summed E-state index contributed by atoms with van der Waals surface area (Å²) in [4.78, 5) is 11.5. The van der Waals surface area contributed by atoms with Crippen molar-refractivity contribution in [1.29, 1.82) is 0 Å². The molecule has 3 rings (SSSR count). The lowest BCUT2D eigenvalue weighted by Gasteiger charge is -2.21. The number of ketones is 1. The zero-order valence-electron chi connectivity index (χ0n) is 6.49. The van der Waals surface area contributed by atoms with Crippen LogP contribution in [0.4, 0.5) is 0 Å². The summed E-state index contributed by atoms with van der Waals surface area (Å²) in [7, 11) is 0. The highest BCUT2D eigenvalue weighted by Gasteiger charge is 2.53. The quantitative estimate of drug-likeness (QED) is 0.479. The van der Waals surface area contributed by atoms with Crippen LogP contribution in [-0.4, -0.2) is 5.78 Å². The molecule has 3 aliphatic rings. The van der Waals surface area contributed by atoms with Gasteiger partial charge in [0.2, 0.25) is 0 Å². The first-order valence-electron chi connectivity index (χ1n) is 4.58. The summed E-state index contributed by atoms with van der Waals surface area (Å²) in [5.74, 6) is 2.86. The van der Waals surface area contributed by atoms with Crippen LogP contribution < -0.4 is 0 Å². The molecular formula is C10H12O. The molecule has 0 aromatic heterocycles. The fourth-order valence-electron chi connectivity index (χ4n) is 3.28. The molecule has 11 heavy (non-hydrogen) atoms. The second-order valence-electron chi connectivity index (χ2n) is 4.10. The van der Waals surface area contributed by atoms with Crippen LogP contribution in [0.5, 0.6) is 0 Å². The van der Waals surface area contributed by atoms with Gasteiger partial charge in [-0.2, -0.15) is 0 Å². The molecule has 0 spiro atoms. The summed E-state index contributed by atoms with van der Waals surface area (Å²) in [6, 6.07) is 0. The molecule has 0 aromatic rings. The Kier molecular flexibility index (Phi) is 0.961. The van der Waals surface area contributed by atoms with Gasteiger partial charge in [-0.3, -0.25) is 4.79 Å². The lowest BCUT2D eigenvalue weighted by molar-refractivity contribution is -0.121. The summed E-state index contributed by atoms with van der Waals surface area (Å²) >= 11 is 0. The Balaban J connectivity index is 2.04. The van der Waals surface area contributed by atoms with Gasteiger partial charge >= 0.3 is 0 Å². The number of allylic oxidation sites excluding steroid dienone is 2. The molecule has 0 amide bonds. The van der Waals surface area contributed by atoms with Crippen molar-refractivity contribution in [3.8, 4) is 0 Å². The average molecular weight is 148 g/mol. The zero-order chi connectivity index (χ0) is 7.42. The topological polar surface area (TPSA) is 17.1 Å². The van der Waals surface area contributed by atoms with Crippen LogP contribution in [0.2, 0.25) is 0 Å². The molecule has 1 heteroatoms. The Bertz CT molecular complexity index is 241. The molecule has 0 N–H and O–H groups in total. The molecule has 0 heterocycles. The van der Waals surface area contributed by atoms with E-state index >= 15 is 0 Å². The molecule has 58 valence electrons. The van der Waals surface area contributed by atoms with Crippen molar-refractivity contribution in [2.45, 2.75) is 19.3 Å². The van der Waals surface area contributed by atoms with Gasteiger partial charge in [0.1, 0.15) is 5.78 Å². The van der Waals surface area contributed by atoms with Gasteiger partial charge in [0, 0.05) is 11.8 Å². The monoisotopic (exact) mass is 148 g/mol. The van der Waals surface area contributed by atoms with E-state index in [1.807, 2.05) is 0 Å². The van der Waals surface area contributed by atoms with E-state index in [0.717, 1.165) is 5.92 Å². The largest absolute Gasteiger partial charge is 0.299 e. The number of hydrogen-bond acceptors (Lipinski definition) is 1. The van der Waals surface area contributed by atoms with Crippen molar-refractivity contribution in [2.24, 2.45) is 23.7 Å². The first-order chi connectivity index (χ1) is 5.38. The van der Waals surface area contributed by atoms with E-state index in [2.05, 4.69) is 12.2 Å². The average Bonchev–Trinajstić information content (AvgIpc) is 2.61. The van der Waals surface area contributed by atoms with Crippen LogP contribution in [0.1, 0.15) is 19.3 Å². The Hall–Kier alpha value is -0.590. The minimum Gasteiger partial charge on any atom is -0.299 e. The van der Waals surface area contributed by atoms with Gasteiger partial charge in [0.15, 0.2) is 0 Å². The second-order valence-corrected chi connectivity index (χ2v) is 4.10. The van der Waals surface area contributed by atoms with Crippen molar-refractivity contribution < 1.29 is 4.79 Å². The molecule has 0 saturated heterocycles. The van der Waals surface area contributed by atoms with Crippen molar-refractivity contribution in [1.82, 2.24) is 0 Å². The van der Waals surface area contributed by atoms with Gasteiger partial charge in [-0.15, -0.1) is 0 Å². The fourth-order valence-corrected chi connectivity index (χ4v) is 3.28. The predicted octanol–water partition coefficient (Wildman–Crippen LogP) is 1.79. The van der Waals surface area contributed by atoms with Crippen LogP contribution in [0.3, 0.4) is 0 Å². The van der Waals surface area contributed by atoms with E-state index in [0.29, 0.717) is 23.5 Å². The third kappa shape index (κ3) is 0.559. The Morgan fingerprint density at radius 2 is 2.09 bits per heavy atom. The first-order valence-corrected chi connectivity index (χ1v) is 4.58. The fraction of sp³-hybridized carbons (Fsp3) is 0.700. The smallest absolute Gasteiger partial charge is 0.139 e. The molecule has 0 unspecified atom stereocenters. The van der Waals surface area contributed by atoms with Gasteiger partial charge < -0.3 is 0 Å². The summed E-state index contributed by atoms with van der Waals surface area (Å²) in [5, 5.41) is 0. The Morgan fingerprint density at radius 1 is 1.27 bits per heavy atom. The van der Waals surface area contributed by atoms with Gasteiger partial charge in [0.05, 0.1) is 0 Å².